The first kappa shape index (κ1) is 21.1. The minimum atomic E-state index is 0.138. The van der Waals surface area contributed by atoms with E-state index in [9.17, 15) is 4.79 Å². The zero-order valence-electron chi connectivity index (χ0n) is 18.1. The van der Waals surface area contributed by atoms with Gasteiger partial charge in [-0.05, 0) is 24.6 Å². The molecule has 4 rings (SSSR count). The highest BCUT2D eigenvalue weighted by molar-refractivity contribution is 5.76. The molecule has 0 N–H and O–H groups in total. The van der Waals surface area contributed by atoms with Gasteiger partial charge in [-0.3, -0.25) is 9.69 Å². The fourth-order valence-corrected chi connectivity index (χ4v) is 3.69. The molecule has 0 atom stereocenters. The Morgan fingerprint density at radius 3 is 2.42 bits per heavy atom. The molecule has 1 aliphatic rings. The molecule has 2 heterocycles. The third-order valence-electron chi connectivity index (χ3n) is 5.62. The van der Waals surface area contributed by atoms with Gasteiger partial charge in [0.05, 0.1) is 7.11 Å². The number of methoxy groups -OCH3 is 1. The second-order valence-electron chi connectivity index (χ2n) is 7.88. The van der Waals surface area contributed by atoms with Crippen molar-refractivity contribution in [3.8, 4) is 17.1 Å². The summed E-state index contributed by atoms with van der Waals surface area (Å²) in [5.74, 6) is 2.07. The van der Waals surface area contributed by atoms with Crippen LogP contribution in [0.1, 0.15) is 23.4 Å². The molecule has 162 valence electrons. The predicted octanol–water partition coefficient (Wildman–Crippen LogP) is 3.33. The van der Waals surface area contributed by atoms with Crippen LogP contribution in [-0.2, 0) is 17.8 Å². The van der Waals surface area contributed by atoms with Crippen molar-refractivity contribution in [1.82, 2.24) is 19.9 Å². The standard InChI is InChI=1S/C24H28N4O3/c1-18-3-7-20(8-4-18)24-25-22(31-26-24)11-12-23(29)28-15-13-27(14-16-28)17-19-5-9-21(30-2)10-6-19/h3-10H,11-17H2,1-2H3. The van der Waals surface area contributed by atoms with Crippen molar-refractivity contribution in [1.29, 1.82) is 0 Å². The molecule has 2 aromatic carbocycles. The van der Waals surface area contributed by atoms with Crippen molar-refractivity contribution >= 4 is 5.91 Å². The Labute approximate surface area is 182 Å². The highest BCUT2D eigenvalue weighted by atomic mass is 16.5. The van der Waals surface area contributed by atoms with Gasteiger partial charge >= 0.3 is 0 Å². The lowest BCUT2D eigenvalue weighted by Gasteiger charge is -2.34. The Morgan fingerprint density at radius 2 is 1.74 bits per heavy atom. The van der Waals surface area contributed by atoms with E-state index in [1.54, 1.807) is 7.11 Å². The summed E-state index contributed by atoms with van der Waals surface area (Å²) in [4.78, 5) is 21.4. The molecule has 7 heteroatoms. The Balaban J connectivity index is 1.22. The molecule has 1 fully saturated rings. The smallest absolute Gasteiger partial charge is 0.227 e. The molecule has 0 spiro atoms. The van der Waals surface area contributed by atoms with Gasteiger partial charge in [0.2, 0.25) is 17.6 Å². The molecule has 1 aliphatic heterocycles. The van der Waals surface area contributed by atoms with Gasteiger partial charge in [-0.25, -0.2) is 0 Å². The summed E-state index contributed by atoms with van der Waals surface area (Å²) < 4.78 is 10.5. The molecule has 1 saturated heterocycles. The molecule has 0 bridgehead atoms. The van der Waals surface area contributed by atoms with Gasteiger partial charge in [-0.2, -0.15) is 4.98 Å². The van der Waals surface area contributed by atoms with Crippen LogP contribution in [0.4, 0.5) is 0 Å². The van der Waals surface area contributed by atoms with Crippen LogP contribution in [0.3, 0.4) is 0 Å². The SMILES string of the molecule is COc1ccc(CN2CCN(C(=O)CCc3nc(-c4ccc(C)cc4)no3)CC2)cc1. The molecule has 0 radical (unpaired) electrons. The monoisotopic (exact) mass is 420 g/mol. The number of benzene rings is 2. The second kappa shape index (κ2) is 9.75. The normalized spacial score (nSPS) is 14.6. The fourth-order valence-electron chi connectivity index (χ4n) is 3.69. The number of ether oxygens (including phenoxy) is 1. The van der Waals surface area contributed by atoms with Crippen molar-refractivity contribution in [2.45, 2.75) is 26.3 Å². The summed E-state index contributed by atoms with van der Waals surface area (Å²) in [6.45, 7) is 6.15. The van der Waals surface area contributed by atoms with Gasteiger partial charge in [0.15, 0.2) is 0 Å². The average Bonchev–Trinajstić information content (AvgIpc) is 3.28. The summed E-state index contributed by atoms with van der Waals surface area (Å²) in [7, 11) is 1.67. The van der Waals surface area contributed by atoms with Gasteiger partial charge < -0.3 is 14.2 Å². The maximum Gasteiger partial charge on any atom is 0.227 e. The second-order valence-corrected chi connectivity index (χ2v) is 7.88. The summed E-state index contributed by atoms with van der Waals surface area (Å²) >= 11 is 0. The van der Waals surface area contributed by atoms with Gasteiger partial charge in [-0.15, -0.1) is 0 Å². The quantitative estimate of drug-likeness (QED) is 0.584. The first-order valence-corrected chi connectivity index (χ1v) is 10.6. The van der Waals surface area contributed by atoms with Crippen LogP contribution < -0.4 is 4.74 Å². The minimum absolute atomic E-state index is 0.138. The van der Waals surface area contributed by atoms with Crippen LogP contribution in [0, 0.1) is 6.92 Å². The van der Waals surface area contributed by atoms with Crippen LogP contribution in [0.15, 0.2) is 53.1 Å². The lowest BCUT2D eigenvalue weighted by Crippen LogP contribution is -2.48. The highest BCUT2D eigenvalue weighted by Crippen LogP contribution is 2.18. The molecule has 1 amide bonds. The zero-order valence-corrected chi connectivity index (χ0v) is 18.1. The molecule has 0 saturated carbocycles. The summed E-state index contributed by atoms with van der Waals surface area (Å²) in [5.41, 5.74) is 3.35. The number of rotatable bonds is 7. The third-order valence-corrected chi connectivity index (χ3v) is 5.62. The third kappa shape index (κ3) is 5.49. The van der Waals surface area contributed by atoms with Crippen molar-refractivity contribution in [2.24, 2.45) is 0 Å². The van der Waals surface area contributed by atoms with E-state index < -0.39 is 0 Å². The van der Waals surface area contributed by atoms with E-state index in [0.29, 0.717) is 24.6 Å². The Morgan fingerprint density at radius 1 is 1.03 bits per heavy atom. The number of hydrogen-bond donors (Lipinski definition) is 0. The van der Waals surface area contributed by atoms with Crippen molar-refractivity contribution < 1.29 is 14.1 Å². The van der Waals surface area contributed by atoms with E-state index in [1.807, 2.05) is 48.2 Å². The number of piperazine rings is 1. The molecule has 7 nitrogen and oxygen atoms in total. The summed E-state index contributed by atoms with van der Waals surface area (Å²) in [6.07, 6.45) is 0.845. The van der Waals surface area contributed by atoms with E-state index in [-0.39, 0.29) is 5.91 Å². The fraction of sp³-hybridized carbons (Fsp3) is 0.375. The van der Waals surface area contributed by atoms with Crippen LogP contribution in [0.2, 0.25) is 0 Å². The van der Waals surface area contributed by atoms with E-state index in [0.717, 1.165) is 44.0 Å². The molecule has 3 aromatic rings. The Bertz CT molecular complexity index is 990. The van der Waals surface area contributed by atoms with Crippen LogP contribution >= 0.6 is 0 Å². The van der Waals surface area contributed by atoms with Crippen molar-refractivity contribution in [2.75, 3.05) is 33.3 Å². The van der Waals surface area contributed by atoms with E-state index in [2.05, 4.69) is 27.2 Å². The molecule has 31 heavy (non-hydrogen) atoms. The van der Waals surface area contributed by atoms with Gasteiger partial charge in [0.1, 0.15) is 5.75 Å². The average molecular weight is 421 g/mol. The topological polar surface area (TPSA) is 71.7 Å². The number of aryl methyl sites for hydroxylation is 2. The van der Waals surface area contributed by atoms with E-state index >= 15 is 0 Å². The molecule has 0 unspecified atom stereocenters. The van der Waals surface area contributed by atoms with Crippen LogP contribution in [-0.4, -0.2) is 59.1 Å². The lowest BCUT2D eigenvalue weighted by atomic mass is 10.1. The summed E-state index contributed by atoms with van der Waals surface area (Å²) in [5, 5.41) is 4.04. The molecular weight excluding hydrogens is 392 g/mol. The molecular formula is C24H28N4O3. The van der Waals surface area contributed by atoms with Gasteiger partial charge in [0, 0.05) is 51.1 Å². The van der Waals surface area contributed by atoms with Gasteiger partial charge in [0.25, 0.3) is 0 Å². The summed E-state index contributed by atoms with van der Waals surface area (Å²) in [6, 6.07) is 16.1. The first-order chi connectivity index (χ1) is 15.1. The molecule has 0 aliphatic carbocycles. The van der Waals surface area contributed by atoms with Crippen molar-refractivity contribution in [3.63, 3.8) is 0 Å². The van der Waals surface area contributed by atoms with Crippen LogP contribution in [0.25, 0.3) is 11.4 Å². The number of carbonyl (C=O) groups excluding carboxylic acids is 1. The van der Waals surface area contributed by atoms with E-state index in [1.165, 1.54) is 11.1 Å². The highest BCUT2D eigenvalue weighted by Gasteiger charge is 2.21. The van der Waals surface area contributed by atoms with Crippen molar-refractivity contribution in [3.05, 3.63) is 65.5 Å². The van der Waals surface area contributed by atoms with E-state index in [4.69, 9.17) is 9.26 Å². The Hall–Kier alpha value is -3.19. The largest absolute Gasteiger partial charge is 0.497 e. The number of nitrogens with zero attached hydrogens (tertiary/aromatic N) is 4. The number of carbonyl (C=O) groups is 1. The maximum absolute atomic E-state index is 12.6. The number of amides is 1. The zero-order chi connectivity index (χ0) is 21.6. The van der Waals surface area contributed by atoms with Crippen LogP contribution in [0.5, 0.6) is 5.75 Å². The number of aromatic nitrogens is 2. The maximum atomic E-state index is 12.6. The first-order valence-electron chi connectivity index (χ1n) is 10.6. The van der Waals surface area contributed by atoms with Gasteiger partial charge in [-0.1, -0.05) is 47.1 Å². The number of hydrogen-bond acceptors (Lipinski definition) is 6. The molecule has 1 aromatic heterocycles. The minimum Gasteiger partial charge on any atom is -0.497 e. The Kier molecular flexibility index (Phi) is 6.62. The predicted molar refractivity (Wildman–Crippen MR) is 118 cm³/mol. The lowest BCUT2D eigenvalue weighted by molar-refractivity contribution is -0.133.